The molecule has 2 heterocycles. The summed E-state index contributed by atoms with van der Waals surface area (Å²) in [5.41, 5.74) is 1.27. The van der Waals surface area contributed by atoms with E-state index in [9.17, 15) is 13.6 Å². The van der Waals surface area contributed by atoms with Crippen LogP contribution in [0.25, 0.3) is 22.4 Å². The predicted molar refractivity (Wildman–Crippen MR) is 111 cm³/mol. The van der Waals surface area contributed by atoms with Gasteiger partial charge < -0.3 is 9.30 Å². The maximum atomic E-state index is 13.8. The molecule has 1 amide bonds. The molecule has 0 fully saturated rings. The summed E-state index contributed by atoms with van der Waals surface area (Å²) < 4.78 is 34.2. The number of nitrogens with zero attached hydrogens (tertiary/aromatic N) is 4. The molecule has 31 heavy (non-hydrogen) atoms. The van der Waals surface area contributed by atoms with Crippen LogP contribution in [0.4, 0.5) is 14.7 Å². The largest absolute Gasteiger partial charge is 0.496 e. The number of rotatable bonds is 6. The fraction of sp³-hybridized carbons (Fsp3) is 0.238. The number of benzene rings is 2. The maximum Gasteiger partial charge on any atom is 0.250 e. The van der Waals surface area contributed by atoms with Gasteiger partial charge in [0, 0.05) is 12.1 Å². The van der Waals surface area contributed by atoms with Crippen LogP contribution in [0, 0.1) is 17.6 Å². The first-order chi connectivity index (χ1) is 14.9. The number of halogens is 2. The van der Waals surface area contributed by atoms with Crippen LogP contribution in [-0.4, -0.2) is 37.7 Å². The summed E-state index contributed by atoms with van der Waals surface area (Å²) in [5, 5.41) is 9.52. The van der Waals surface area contributed by atoms with E-state index in [1.807, 2.05) is 32.0 Å². The van der Waals surface area contributed by atoms with Gasteiger partial charge in [-0.05, 0) is 18.1 Å². The zero-order chi connectivity index (χ0) is 22.1. The van der Waals surface area contributed by atoms with Crippen LogP contribution in [-0.2, 0) is 4.79 Å². The Morgan fingerprint density at radius 1 is 1.19 bits per heavy atom. The summed E-state index contributed by atoms with van der Waals surface area (Å²) in [5.74, 6) is -1.48. The summed E-state index contributed by atoms with van der Waals surface area (Å²) >= 11 is 0. The van der Waals surface area contributed by atoms with E-state index >= 15 is 0 Å². The van der Waals surface area contributed by atoms with Gasteiger partial charge in [-0.3, -0.25) is 15.2 Å². The van der Waals surface area contributed by atoms with Crippen molar-refractivity contribution < 1.29 is 18.3 Å². The summed E-state index contributed by atoms with van der Waals surface area (Å²) in [6.07, 6.45) is 1.39. The third-order valence-corrected chi connectivity index (χ3v) is 4.90. The van der Waals surface area contributed by atoms with Crippen molar-refractivity contribution in [3.8, 4) is 17.1 Å². The molecule has 4 aromatic rings. The molecular weight excluding hydrogens is 406 g/mol. The number of aromatic amines is 1. The Kier molecular flexibility index (Phi) is 5.37. The molecule has 2 aromatic carbocycles. The second kappa shape index (κ2) is 8.13. The van der Waals surface area contributed by atoms with Crippen molar-refractivity contribution in [2.75, 3.05) is 12.4 Å². The lowest BCUT2D eigenvalue weighted by Gasteiger charge is -2.21. The van der Waals surface area contributed by atoms with Gasteiger partial charge in [0.2, 0.25) is 11.9 Å². The highest BCUT2D eigenvalue weighted by Gasteiger charge is 2.27. The molecule has 0 bridgehead atoms. The Bertz CT molecular complexity index is 1250. The van der Waals surface area contributed by atoms with Crippen molar-refractivity contribution >= 4 is 22.9 Å². The molecule has 0 spiro atoms. The molecule has 4 rings (SSSR count). The van der Waals surface area contributed by atoms with E-state index < -0.39 is 23.6 Å². The van der Waals surface area contributed by atoms with E-state index in [0.717, 1.165) is 12.1 Å². The minimum absolute atomic E-state index is 0.0817. The first-order valence-corrected chi connectivity index (χ1v) is 9.57. The number of H-pyrrole nitrogens is 1. The van der Waals surface area contributed by atoms with Gasteiger partial charge in [-0.25, -0.2) is 13.8 Å². The Hall–Kier alpha value is -3.82. The third kappa shape index (κ3) is 3.83. The molecule has 160 valence electrons. The molecule has 1 unspecified atom stereocenters. The van der Waals surface area contributed by atoms with Crippen molar-refractivity contribution in [3.05, 3.63) is 54.4 Å². The number of anilines is 1. The topological polar surface area (TPSA) is 97.7 Å². The monoisotopic (exact) mass is 426 g/mol. The van der Waals surface area contributed by atoms with Gasteiger partial charge in [0.05, 0.1) is 30.0 Å². The van der Waals surface area contributed by atoms with Gasteiger partial charge in [-0.2, -0.15) is 4.98 Å². The van der Waals surface area contributed by atoms with Crippen molar-refractivity contribution in [3.63, 3.8) is 0 Å². The lowest BCUT2D eigenvalue weighted by Crippen LogP contribution is -2.30. The molecule has 10 heteroatoms. The molecule has 1 atom stereocenters. The number of imidazole rings is 1. The number of aromatic nitrogens is 5. The average molecular weight is 426 g/mol. The zero-order valence-corrected chi connectivity index (χ0v) is 17.1. The second-order valence-corrected chi connectivity index (χ2v) is 7.29. The summed E-state index contributed by atoms with van der Waals surface area (Å²) in [6, 6.07) is 8.56. The van der Waals surface area contributed by atoms with E-state index in [4.69, 9.17) is 4.74 Å². The van der Waals surface area contributed by atoms with Crippen molar-refractivity contribution in [2.45, 2.75) is 19.9 Å². The van der Waals surface area contributed by atoms with Crippen LogP contribution in [0.15, 0.2) is 42.7 Å². The lowest BCUT2D eigenvalue weighted by molar-refractivity contribution is -0.120. The number of para-hydroxylation sites is 1. The fourth-order valence-electron chi connectivity index (χ4n) is 3.46. The highest BCUT2D eigenvalue weighted by molar-refractivity contribution is 5.93. The number of ether oxygens (including phenoxy) is 1. The Morgan fingerprint density at radius 3 is 2.68 bits per heavy atom. The normalized spacial score (nSPS) is 12.3. The predicted octanol–water partition coefficient (Wildman–Crippen LogP) is 3.94. The molecule has 0 radical (unpaired) electrons. The maximum absolute atomic E-state index is 13.8. The van der Waals surface area contributed by atoms with Gasteiger partial charge in [0.25, 0.3) is 0 Å². The van der Waals surface area contributed by atoms with Gasteiger partial charge in [-0.15, -0.1) is 5.10 Å². The highest BCUT2D eigenvalue weighted by Crippen LogP contribution is 2.29. The molecule has 2 aromatic heterocycles. The molecule has 0 aliphatic heterocycles. The number of fused-ring (bicyclic) bond motifs is 1. The number of nitrogens with one attached hydrogen (secondary N) is 2. The van der Waals surface area contributed by atoms with Crippen molar-refractivity contribution in [1.82, 2.24) is 24.7 Å². The minimum Gasteiger partial charge on any atom is -0.496 e. The van der Waals surface area contributed by atoms with E-state index in [1.165, 1.54) is 10.9 Å². The Morgan fingerprint density at radius 2 is 1.94 bits per heavy atom. The third-order valence-electron chi connectivity index (χ3n) is 4.90. The second-order valence-electron chi connectivity index (χ2n) is 7.29. The van der Waals surface area contributed by atoms with E-state index in [0.29, 0.717) is 22.7 Å². The van der Waals surface area contributed by atoms with Crippen LogP contribution in [0.5, 0.6) is 5.75 Å². The molecule has 0 aliphatic rings. The molecule has 0 saturated carbocycles. The minimum atomic E-state index is -1.01. The van der Waals surface area contributed by atoms with Crippen LogP contribution in [0.2, 0.25) is 0 Å². The number of carbonyl (C=O) groups excluding carboxylic acids is 1. The number of carbonyl (C=O) groups is 1. The number of hydrogen-bond donors (Lipinski definition) is 2. The summed E-state index contributed by atoms with van der Waals surface area (Å²) in [7, 11) is 1.55. The SMILES string of the molecule is COc1ccccc1-c1nc(NC(=O)C(C(C)C)n2cnc3cc(F)c(F)cc32)n[nH]1. The number of hydrogen-bond acceptors (Lipinski definition) is 5. The molecule has 2 N–H and O–H groups in total. The highest BCUT2D eigenvalue weighted by atomic mass is 19.2. The molecule has 0 saturated heterocycles. The van der Waals surface area contributed by atoms with Crippen molar-refractivity contribution in [2.24, 2.45) is 5.92 Å². The van der Waals surface area contributed by atoms with Crippen LogP contribution in [0.3, 0.4) is 0 Å². The molecule has 0 aliphatic carbocycles. The number of amides is 1. The Labute approximate surface area is 176 Å². The first kappa shape index (κ1) is 20.5. The van der Waals surface area contributed by atoms with E-state index in [1.54, 1.807) is 13.2 Å². The smallest absolute Gasteiger partial charge is 0.250 e. The summed E-state index contributed by atoms with van der Waals surface area (Å²) in [4.78, 5) is 21.5. The lowest BCUT2D eigenvalue weighted by atomic mass is 10.0. The van der Waals surface area contributed by atoms with E-state index in [-0.39, 0.29) is 17.4 Å². The van der Waals surface area contributed by atoms with Crippen molar-refractivity contribution in [1.29, 1.82) is 0 Å². The average Bonchev–Trinajstić information content (AvgIpc) is 3.36. The van der Waals surface area contributed by atoms with Gasteiger partial charge >= 0.3 is 0 Å². The number of methoxy groups -OCH3 is 1. The van der Waals surface area contributed by atoms with Gasteiger partial charge in [0.15, 0.2) is 17.5 Å². The first-order valence-electron chi connectivity index (χ1n) is 9.57. The van der Waals surface area contributed by atoms with Crippen LogP contribution in [0.1, 0.15) is 19.9 Å². The van der Waals surface area contributed by atoms with Gasteiger partial charge in [-0.1, -0.05) is 26.0 Å². The molecule has 8 nitrogen and oxygen atoms in total. The summed E-state index contributed by atoms with van der Waals surface area (Å²) in [6.45, 7) is 3.68. The van der Waals surface area contributed by atoms with E-state index in [2.05, 4.69) is 25.5 Å². The van der Waals surface area contributed by atoms with Crippen LogP contribution < -0.4 is 10.1 Å². The quantitative estimate of drug-likeness (QED) is 0.487. The van der Waals surface area contributed by atoms with Crippen LogP contribution >= 0.6 is 0 Å². The standard InChI is InChI=1S/C21H20F2N6O2/c1-11(2)18(29-10-24-15-8-13(22)14(23)9-16(15)29)20(30)26-21-25-19(27-28-21)12-6-4-5-7-17(12)31-3/h4-11,18H,1-3H3,(H2,25,26,27,28,30). The molecular formula is C21H20F2N6O2. The zero-order valence-electron chi connectivity index (χ0n) is 17.1. The van der Waals surface area contributed by atoms with Gasteiger partial charge in [0.1, 0.15) is 11.8 Å². The fourth-order valence-corrected chi connectivity index (χ4v) is 3.46. The Balaban J connectivity index is 1.63.